The molecule has 1 atom stereocenters. The highest BCUT2D eigenvalue weighted by molar-refractivity contribution is 7.10. The van der Waals surface area contributed by atoms with Gasteiger partial charge in [0, 0.05) is 18.0 Å². The molecule has 94 valence electrons. The first-order valence-electron chi connectivity index (χ1n) is 5.76. The highest BCUT2D eigenvalue weighted by Gasteiger charge is 2.33. The van der Waals surface area contributed by atoms with Crippen LogP contribution in [0.1, 0.15) is 24.8 Å². The monoisotopic (exact) mass is 254 g/mol. The SMILES string of the molecule is C[C@@H](NC(=O)COC1(C)CNC1)c1cccs1. The van der Waals surface area contributed by atoms with Gasteiger partial charge in [-0.05, 0) is 25.3 Å². The van der Waals surface area contributed by atoms with Crippen molar-refractivity contribution in [2.45, 2.75) is 25.5 Å². The smallest absolute Gasteiger partial charge is 0.246 e. The van der Waals surface area contributed by atoms with E-state index in [0.717, 1.165) is 18.0 Å². The third kappa shape index (κ3) is 3.28. The minimum atomic E-state index is -0.163. The molecule has 1 saturated heterocycles. The van der Waals surface area contributed by atoms with Gasteiger partial charge in [0.05, 0.1) is 11.6 Å². The van der Waals surface area contributed by atoms with Gasteiger partial charge in [0.1, 0.15) is 6.61 Å². The first-order chi connectivity index (χ1) is 8.09. The Morgan fingerprint density at radius 2 is 2.47 bits per heavy atom. The van der Waals surface area contributed by atoms with Gasteiger partial charge < -0.3 is 15.4 Å². The van der Waals surface area contributed by atoms with Gasteiger partial charge in [-0.15, -0.1) is 11.3 Å². The lowest BCUT2D eigenvalue weighted by molar-refractivity contribution is -0.136. The number of rotatable bonds is 5. The van der Waals surface area contributed by atoms with Gasteiger partial charge in [0.15, 0.2) is 0 Å². The summed E-state index contributed by atoms with van der Waals surface area (Å²) in [5.41, 5.74) is -0.163. The molecule has 0 aliphatic carbocycles. The molecule has 1 aliphatic heterocycles. The van der Waals surface area contributed by atoms with Crippen molar-refractivity contribution < 1.29 is 9.53 Å². The second kappa shape index (κ2) is 5.16. The molecule has 0 saturated carbocycles. The zero-order valence-electron chi connectivity index (χ0n) is 10.2. The summed E-state index contributed by atoms with van der Waals surface area (Å²) in [6, 6.07) is 4.06. The summed E-state index contributed by atoms with van der Waals surface area (Å²) in [4.78, 5) is 12.8. The van der Waals surface area contributed by atoms with Gasteiger partial charge in [-0.1, -0.05) is 6.07 Å². The summed E-state index contributed by atoms with van der Waals surface area (Å²) < 4.78 is 5.57. The number of hydrogen-bond donors (Lipinski definition) is 2. The van der Waals surface area contributed by atoms with Crippen molar-refractivity contribution in [2.24, 2.45) is 0 Å². The van der Waals surface area contributed by atoms with E-state index < -0.39 is 0 Å². The van der Waals surface area contributed by atoms with Crippen molar-refractivity contribution in [3.8, 4) is 0 Å². The van der Waals surface area contributed by atoms with Crippen molar-refractivity contribution in [2.75, 3.05) is 19.7 Å². The molecule has 2 heterocycles. The Bertz CT molecular complexity index is 374. The van der Waals surface area contributed by atoms with Crippen LogP contribution in [0.2, 0.25) is 0 Å². The Kier molecular flexibility index (Phi) is 3.81. The van der Waals surface area contributed by atoms with Gasteiger partial charge in [0.2, 0.25) is 5.91 Å². The largest absolute Gasteiger partial charge is 0.363 e. The van der Waals surface area contributed by atoms with Crippen LogP contribution in [0.3, 0.4) is 0 Å². The average Bonchev–Trinajstić information content (AvgIpc) is 2.77. The number of ether oxygens (including phenoxy) is 1. The maximum absolute atomic E-state index is 11.7. The Morgan fingerprint density at radius 1 is 1.71 bits per heavy atom. The molecule has 2 N–H and O–H groups in total. The van der Waals surface area contributed by atoms with Gasteiger partial charge in [0.25, 0.3) is 0 Å². The highest BCUT2D eigenvalue weighted by atomic mass is 32.1. The second-order valence-corrected chi connectivity index (χ2v) is 5.63. The standard InChI is InChI=1S/C12H18N2O2S/c1-9(10-4-3-5-17-10)14-11(15)6-16-12(2)7-13-8-12/h3-5,9,13H,6-8H2,1-2H3,(H,14,15)/t9-/m1/s1. The molecule has 0 bridgehead atoms. The number of nitrogens with one attached hydrogen (secondary N) is 2. The molecule has 4 nitrogen and oxygen atoms in total. The maximum atomic E-state index is 11.7. The van der Waals surface area contributed by atoms with Crippen molar-refractivity contribution in [1.29, 1.82) is 0 Å². The van der Waals surface area contributed by atoms with E-state index in [9.17, 15) is 4.79 Å². The molecule has 17 heavy (non-hydrogen) atoms. The van der Waals surface area contributed by atoms with Crippen LogP contribution in [0, 0.1) is 0 Å². The molecule has 1 aromatic heterocycles. The molecular weight excluding hydrogens is 236 g/mol. The molecule has 0 aromatic carbocycles. The van der Waals surface area contributed by atoms with Gasteiger partial charge >= 0.3 is 0 Å². The van der Waals surface area contributed by atoms with Crippen LogP contribution >= 0.6 is 11.3 Å². The normalized spacial score (nSPS) is 19.4. The van der Waals surface area contributed by atoms with Crippen LogP contribution in [0.25, 0.3) is 0 Å². The van der Waals surface area contributed by atoms with E-state index in [1.54, 1.807) is 11.3 Å². The summed E-state index contributed by atoms with van der Waals surface area (Å²) in [6.07, 6.45) is 0. The molecule has 0 spiro atoms. The lowest BCUT2D eigenvalue weighted by Crippen LogP contribution is -2.59. The first kappa shape index (κ1) is 12.5. The van der Waals surface area contributed by atoms with Crippen molar-refractivity contribution >= 4 is 17.2 Å². The zero-order valence-corrected chi connectivity index (χ0v) is 11.0. The molecule has 0 radical (unpaired) electrons. The first-order valence-corrected chi connectivity index (χ1v) is 6.64. The fraction of sp³-hybridized carbons (Fsp3) is 0.583. The van der Waals surface area contributed by atoms with Gasteiger partial charge in [-0.25, -0.2) is 0 Å². The third-order valence-corrected chi connectivity index (χ3v) is 3.95. The van der Waals surface area contributed by atoms with Crippen LogP contribution in [-0.4, -0.2) is 31.2 Å². The quantitative estimate of drug-likeness (QED) is 0.833. The Balaban J connectivity index is 1.73. The Hall–Kier alpha value is -0.910. The van der Waals surface area contributed by atoms with Crippen LogP contribution in [-0.2, 0) is 9.53 Å². The summed E-state index contributed by atoms with van der Waals surface area (Å²) >= 11 is 1.65. The fourth-order valence-electron chi connectivity index (χ4n) is 1.71. The van der Waals surface area contributed by atoms with Crippen LogP contribution < -0.4 is 10.6 Å². The van der Waals surface area contributed by atoms with Gasteiger partial charge in [-0.2, -0.15) is 0 Å². The molecule has 1 aromatic rings. The number of carbonyl (C=O) groups is 1. The summed E-state index contributed by atoms with van der Waals surface area (Å²) in [6.45, 7) is 5.77. The molecule has 2 rings (SSSR count). The minimum Gasteiger partial charge on any atom is -0.363 e. The summed E-state index contributed by atoms with van der Waals surface area (Å²) in [5, 5.41) is 8.07. The molecule has 0 unspecified atom stereocenters. The van der Waals surface area contributed by atoms with Crippen molar-refractivity contribution in [1.82, 2.24) is 10.6 Å². The summed E-state index contributed by atoms with van der Waals surface area (Å²) in [5.74, 6) is -0.0565. The number of hydrogen-bond acceptors (Lipinski definition) is 4. The maximum Gasteiger partial charge on any atom is 0.246 e. The summed E-state index contributed by atoms with van der Waals surface area (Å²) in [7, 11) is 0. The van der Waals surface area contributed by atoms with E-state index in [2.05, 4.69) is 10.6 Å². The average molecular weight is 254 g/mol. The zero-order chi connectivity index (χ0) is 12.3. The fourth-order valence-corrected chi connectivity index (χ4v) is 2.45. The number of carbonyl (C=O) groups excluding carboxylic acids is 1. The minimum absolute atomic E-state index is 0.0541. The predicted octanol–water partition coefficient (Wildman–Crippen LogP) is 1.30. The van der Waals surface area contributed by atoms with E-state index in [4.69, 9.17) is 4.74 Å². The molecule has 1 aliphatic rings. The third-order valence-electron chi connectivity index (χ3n) is 2.90. The topological polar surface area (TPSA) is 50.4 Å². The lowest BCUT2D eigenvalue weighted by atomic mass is 10.0. The van der Waals surface area contributed by atoms with E-state index in [-0.39, 0.29) is 24.2 Å². The van der Waals surface area contributed by atoms with Crippen LogP contribution in [0.15, 0.2) is 17.5 Å². The predicted molar refractivity (Wildman–Crippen MR) is 68.1 cm³/mol. The lowest BCUT2D eigenvalue weighted by Gasteiger charge is -2.38. The van der Waals surface area contributed by atoms with E-state index in [1.807, 2.05) is 31.4 Å². The van der Waals surface area contributed by atoms with Crippen molar-refractivity contribution in [3.63, 3.8) is 0 Å². The van der Waals surface area contributed by atoms with E-state index in [0.29, 0.717) is 0 Å². The highest BCUT2D eigenvalue weighted by Crippen LogP contribution is 2.18. The van der Waals surface area contributed by atoms with Crippen LogP contribution in [0.5, 0.6) is 0 Å². The van der Waals surface area contributed by atoms with Crippen molar-refractivity contribution in [3.05, 3.63) is 22.4 Å². The van der Waals surface area contributed by atoms with E-state index in [1.165, 1.54) is 0 Å². The molecule has 1 amide bonds. The van der Waals surface area contributed by atoms with Gasteiger partial charge in [-0.3, -0.25) is 4.79 Å². The molecule has 1 fully saturated rings. The molecular formula is C12H18N2O2S. The Labute approximate surface area is 105 Å². The number of amides is 1. The van der Waals surface area contributed by atoms with E-state index >= 15 is 0 Å². The number of thiophene rings is 1. The second-order valence-electron chi connectivity index (χ2n) is 4.65. The molecule has 5 heteroatoms. The Morgan fingerprint density at radius 3 is 3.00 bits per heavy atom. The van der Waals surface area contributed by atoms with Crippen LogP contribution in [0.4, 0.5) is 0 Å².